The molecule has 0 unspecified atom stereocenters. The summed E-state index contributed by atoms with van der Waals surface area (Å²) < 4.78 is 0. The van der Waals surface area contributed by atoms with Crippen LogP contribution in [0.4, 0.5) is 0 Å². The van der Waals surface area contributed by atoms with Crippen LogP contribution in [0.2, 0.25) is 0 Å². The average Bonchev–Trinajstić information content (AvgIpc) is 2.24. The summed E-state index contributed by atoms with van der Waals surface area (Å²) in [5, 5.41) is 19.6. The zero-order valence-electron chi connectivity index (χ0n) is 10.4. The zero-order chi connectivity index (χ0) is 13.2. The molecule has 0 heterocycles. The van der Waals surface area contributed by atoms with Crippen LogP contribution in [0.15, 0.2) is 23.2 Å². The summed E-state index contributed by atoms with van der Waals surface area (Å²) in [7, 11) is 0. The molecule has 17 heavy (non-hydrogen) atoms. The highest BCUT2D eigenvalue weighted by Crippen LogP contribution is 2.35. The molecule has 0 aromatic rings. The van der Waals surface area contributed by atoms with Crippen molar-refractivity contribution in [2.24, 2.45) is 5.41 Å². The van der Waals surface area contributed by atoms with E-state index in [1.807, 2.05) is 6.92 Å². The summed E-state index contributed by atoms with van der Waals surface area (Å²) in [5.74, 6) is -1.48. The molecule has 1 rings (SSSR count). The summed E-state index contributed by atoms with van der Waals surface area (Å²) in [5.41, 5.74) is -1.24. The third-order valence-corrected chi connectivity index (χ3v) is 3.00. The first-order chi connectivity index (χ1) is 7.82. The number of aliphatic hydroxyl groups excluding tert-OH is 2. The minimum absolute atomic E-state index is 0.108. The van der Waals surface area contributed by atoms with Gasteiger partial charge in [-0.3, -0.25) is 9.59 Å². The third kappa shape index (κ3) is 2.40. The predicted octanol–water partition coefficient (Wildman–Crippen LogP) is 2.61. The van der Waals surface area contributed by atoms with Crippen molar-refractivity contribution in [3.05, 3.63) is 23.2 Å². The molecular weight excluding hydrogens is 220 g/mol. The van der Waals surface area contributed by atoms with E-state index in [0.29, 0.717) is 6.42 Å². The van der Waals surface area contributed by atoms with E-state index in [1.54, 1.807) is 0 Å². The molecule has 94 valence electrons. The molecule has 0 bridgehead atoms. The number of allylic oxidation sites excluding steroid dienone is 3. The molecule has 0 aliphatic heterocycles. The Morgan fingerprint density at radius 2 is 1.94 bits per heavy atom. The molecule has 0 saturated heterocycles. The molecule has 4 heteroatoms. The second kappa shape index (κ2) is 4.73. The number of hydrogen-bond acceptors (Lipinski definition) is 4. The van der Waals surface area contributed by atoms with E-state index in [2.05, 4.69) is 0 Å². The number of unbranched alkanes of at least 4 members (excludes halogenated alkanes) is 1. The fourth-order valence-electron chi connectivity index (χ4n) is 1.66. The fraction of sp³-hybridized carbons (Fsp3) is 0.538. The third-order valence-electron chi connectivity index (χ3n) is 3.00. The highest BCUT2D eigenvalue weighted by Gasteiger charge is 2.39. The van der Waals surface area contributed by atoms with Gasteiger partial charge < -0.3 is 10.2 Å². The molecule has 0 amide bonds. The molecule has 4 nitrogen and oxygen atoms in total. The minimum atomic E-state index is -1.14. The van der Waals surface area contributed by atoms with Gasteiger partial charge in [-0.2, -0.15) is 0 Å². The van der Waals surface area contributed by atoms with E-state index in [-0.39, 0.29) is 23.5 Å². The Balaban J connectivity index is 3.12. The smallest absolute Gasteiger partial charge is 0.172 e. The van der Waals surface area contributed by atoms with Crippen molar-refractivity contribution < 1.29 is 19.8 Å². The standard InChI is InChI=1S/C13H18O4/c1-4-5-6-8(14)11-9(15)7-10(16)13(2,3)12(11)17/h7,15,17H,4-6H2,1-3H3. The van der Waals surface area contributed by atoms with Crippen molar-refractivity contribution in [3.63, 3.8) is 0 Å². The second-order valence-corrected chi connectivity index (χ2v) is 4.77. The SMILES string of the molecule is CCCCC(=O)C1=C(O)C(C)(C)C(=O)C=C1O. The number of aliphatic hydroxyl groups is 2. The average molecular weight is 238 g/mol. The summed E-state index contributed by atoms with van der Waals surface area (Å²) in [4.78, 5) is 23.4. The second-order valence-electron chi connectivity index (χ2n) is 4.77. The first kappa shape index (κ1) is 13.5. The van der Waals surface area contributed by atoms with Crippen LogP contribution in [0.3, 0.4) is 0 Å². The van der Waals surface area contributed by atoms with Crippen LogP contribution in [0.5, 0.6) is 0 Å². The number of hydrogen-bond donors (Lipinski definition) is 2. The van der Waals surface area contributed by atoms with Gasteiger partial charge in [-0.05, 0) is 20.3 Å². The Labute approximate surface area is 101 Å². The maximum Gasteiger partial charge on any atom is 0.172 e. The molecule has 0 fully saturated rings. The Hall–Kier alpha value is -1.58. The van der Waals surface area contributed by atoms with Crippen LogP contribution in [-0.2, 0) is 9.59 Å². The molecule has 1 aliphatic rings. The topological polar surface area (TPSA) is 74.6 Å². The van der Waals surface area contributed by atoms with Crippen LogP contribution in [0.25, 0.3) is 0 Å². The highest BCUT2D eigenvalue weighted by atomic mass is 16.3. The van der Waals surface area contributed by atoms with Gasteiger partial charge in [0.25, 0.3) is 0 Å². The normalized spacial score (nSPS) is 19.2. The Morgan fingerprint density at radius 3 is 2.47 bits per heavy atom. The first-order valence-electron chi connectivity index (χ1n) is 5.74. The van der Waals surface area contributed by atoms with Gasteiger partial charge in [0.15, 0.2) is 11.6 Å². The number of rotatable bonds is 4. The molecule has 0 spiro atoms. The Morgan fingerprint density at radius 1 is 1.35 bits per heavy atom. The maximum atomic E-state index is 11.8. The lowest BCUT2D eigenvalue weighted by molar-refractivity contribution is -0.122. The largest absolute Gasteiger partial charge is 0.510 e. The number of carbonyl (C=O) groups excluding carboxylic acids is 2. The molecule has 0 saturated carbocycles. The summed E-state index contributed by atoms with van der Waals surface area (Å²) >= 11 is 0. The zero-order valence-corrected chi connectivity index (χ0v) is 10.4. The molecule has 2 N–H and O–H groups in total. The van der Waals surface area contributed by atoms with Gasteiger partial charge in [0.05, 0.1) is 11.0 Å². The summed E-state index contributed by atoms with van der Waals surface area (Å²) in [6, 6.07) is 0. The Bertz CT molecular complexity index is 413. The van der Waals surface area contributed by atoms with Gasteiger partial charge in [0.2, 0.25) is 0 Å². The quantitative estimate of drug-likeness (QED) is 0.789. The van der Waals surface area contributed by atoms with Crippen molar-refractivity contribution >= 4 is 11.6 Å². The van der Waals surface area contributed by atoms with Gasteiger partial charge in [0.1, 0.15) is 11.5 Å². The van der Waals surface area contributed by atoms with Crippen molar-refractivity contribution in [1.82, 2.24) is 0 Å². The van der Waals surface area contributed by atoms with Crippen LogP contribution in [0, 0.1) is 5.41 Å². The lowest BCUT2D eigenvalue weighted by Crippen LogP contribution is -2.32. The van der Waals surface area contributed by atoms with E-state index < -0.39 is 17.0 Å². The molecule has 0 atom stereocenters. The molecule has 0 radical (unpaired) electrons. The number of ketones is 2. The van der Waals surface area contributed by atoms with Gasteiger partial charge in [0, 0.05) is 12.5 Å². The summed E-state index contributed by atoms with van der Waals surface area (Å²) in [6.07, 6.45) is 2.82. The first-order valence-corrected chi connectivity index (χ1v) is 5.74. The van der Waals surface area contributed by atoms with E-state index in [4.69, 9.17) is 0 Å². The molecule has 0 aromatic carbocycles. The van der Waals surface area contributed by atoms with Crippen molar-refractivity contribution in [3.8, 4) is 0 Å². The van der Waals surface area contributed by atoms with Gasteiger partial charge >= 0.3 is 0 Å². The predicted molar refractivity (Wildman–Crippen MR) is 63.7 cm³/mol. The van der Waals surface area contributed by atoms with Crippen molar-refractivity contribution in [1.29, 1.82) is 0 Å². The van der Waals surface area contributed by atoms with Crippen LogP contribution in [0.1, 0.15) is 40.0 Å². The molecular formula is C13H18O4. The molecule has 1 aliphatic carbocycles. The van der Waals surface area contributed by atoms with Crippen molar-refractivity contribution in [2.45, 2.75) is 40.0 Å². The monoisotopic (exact) mass is 238 g/mol. The van der Waals surface area contributed by atoms with Crippen LogP contribution < -0.4 is 0 Å². The van der Waals surface area contributed by atoms with Crippen LogP contribution in [-0.4, -0.2) is 21.8 Å². The van der Waals surface area contributed by atoms with Gasteiger partial charge in [-0.15, -0.1) is 0 Å². The van der Waals surface area contributed by atoms with E-state index in [1.165, 1.54) is 13.8 Å². The van der Waals surface area contributed by atoms with E-state index in [0.717, 1.165) is 12.5 Å². The van der Waals surface area contributed by atoms with Crippen LogP contribution >= 0.6 is 0 Å². The van der Waals surface area contributed by atoms with E-state index >= 15 is 0 Å². The highest BCUT2D eigenvalue weighted by molar-refractivity contribution is 6.07. The van der Waals surface area contributed by atoms with Crippen molar-refractivity contribution in [2.75, 3.05) is 0 Å². The fourth-order valence-corrected chi connectivity index (χ4v) is 1.66. The van der Waals surface area contributed by atoms with Gasteiger partial charge in [-0.25, -0.2) is 0 Å². The number of Topliss-reactive ketones (excluding diaryl/α,β-unsaturated/α-hetero) is 1. The minimum Gasteiger partial charge on any atom is -0.510 e. The summed E-state index contributed by atoms with van der Waals surface area (Å²) in [6.45, 7) is 5.01. The maximum absolute atomic E-state index is 11.8. The molecule has 0 aromatic heterocycles. The lowest BCUT2D eigenvalue weighted by Gasteiger charge is -2.27. The number of carbonyl (C=O) groups is 2. The van der Waals surface area contributed by atoms with E-state index in [9.17, 15) is 19.8 Å². The van der Waals surface area contributed by atoms with Gasteiger partial charge in [-0.1, -0.05) is 13.3 Å². The lowest BCUT2D eigenvalue weighted by atomic mass is 9.78. The Kier molecular flexibility index (Phi) is 3.76.